The van der Waals surface area contributed by atoms with Gasteiger partial charge < -0.3 is 14.2 Å². The molecule has 3 rings (SSSR count). The molecule has 0 unspecified atom stereocenters. The highest BCUT2D eigenvalue weighted by Gasteiger charge is 2.29. The van der Waals surface area contributed by atoms with Crippen molar-refractivity contribution in [1.29, 1.82) is 0 Å². The summed E-state index contributed by atoms with van der Waals surface area (Å²) in [4.78, 5) is 18.8. The van der Waals surface area contributed by atoms with Gasteiger partial charge in [0.25, 0.3) is 0 Å². The number of halogens is 1. The van der Waals surface area contributed by atoms with Gasteiger partial charge in [0.2, 0.25) is 0 Å². The third-order valence-electron chi connectivity index (χ3n) is 4.02. The van der Waals surface area contributed by atoms with Gasteiger partial charge in [0.1, 0.15) is 11.4 Å². The number of rotatable bonds is 1. The van der Waals surface area contributed by atoms with Gasteiger partial charge >= 0.3 is 6.09 Å². The van der Waals surface area contributed by atoms with Crippen LogP contribution in [0.1, 0.15) is 32.2 Å². The molecular formula is C18H22ClN3O2. The zero-order valence-corrected chi connectivity index (χ0v) is 15.2. The summed E-state index contributed by atoms with van der Waals surface area (Å²) in [5.74, 6) is 0.830. The van der Waals surface area contributed by atoms with Crippen LogP contribution in [-0.4, -0.2) is 32.7 Å². The number of benzene rings is 1. The highest BCUT2D eigenvalue weighted by Crippen LogP contribution is 2.30. The number of amides is 1. The van der Waals surface area contributed by atoms with Crippen LogP contribution in [0.4, 0.5) is 4.79 Å². The molecule has 0 aliphatic carbocycles. The Hall–Kier alpha value is -2.01. The molecule has 5 nitrogen and oxygen atoms in total. The summed E-state index contributed by atoms with van der Waals surface area (Å²) in [6.07, 6.45) is 0.431. The SMILES string of the molecule is Cn1c(-c2ccccc2Cl)nc2c1CN(C(=O)OC(C)(C)C)CC2. The number of hydrogen-bond acceptors (Lipinski definition) is 3. The fourth-order valence-corrected chi connectivity index (χ4v) is 3.07. The Labute approximate surface area is 147 Å². The van der Waals surface area contributed by atoms with Crippen molar-refractivity contribution < 1.29 is 9.53 Å². The van der Waals surface area contributed by atoms with E-state index in [-0.39, 0.29) is 6.09 Å². The van der Waals surface area contributed by atoms with Crippen molar-refractivity contribution >= 4 is 17.7 Å². The van der Waals surface area contributed by atoms with Crippen molar-refractivity contribution in [3.8, 4) is 11.4 Å². The summed E-state index contributed by atoms with van der Waals surface area (Å²) in [6, 6.07) is 7.67. The van der Waals surface area contributed by atoms with Gasteiger partial charge in [0, 0.05) is 25.6 Å². The van der Waals surface area contributed by atoms with Crippen molar-refractivity contribution in [2.24, 2.45) is 7.05 Å². The molecule has 0 radical (unpaired) electrons. The van der Waals surface area contributed by atoms with E-state index in [1.54, 1.807) is 4.90 Å². The van der Waals surface area contributed by atoms with Crippen LogP contribution in [0, 0.1) is 0 Å². The third kappa shape index (κ3) is 3.26. The van der Waals surface area contributed by atoms with Crippen molar-refractivity contribution in [3.63, 3.8) is 0 Å². The fraction of sp³-hybridized carbons (Fsp3) is 0.444. The van der Waals surface area contributed by atoms with Crippen molar-refractivity contribution in [2.75, 3.05) is 6.54 Å². The normalized spacial score (nSPS) is 14.5. The number of fused-ring (bicyclic) bond motifs is 1. The predicted octanol–water partition coefficient (Wildman–Crippen LogP) is 4.03. The molecule has 0 saturated carbocycles. The first kappa shape index (κ1) is 16.8. The fourth-order valence-electron chi connectivity index (χ4n) is 2.85. The summed E-state index contributed by atoms with van der Waals surface area (Å²) < 4.78 is 7.50. The Morgan fingerprint density at radius 2 is 2.00 bits per heavy atom. The summed E-state index contributed by atoms with van der Waals surface area (Å²) in [7, 11) is 1.96. The summed E-state index contributed by atoms with van der Waals surface area (Å²) >= 11 is 6.31. The van der Waals surface area contributed by atoms with E-state index < -0.39 is 5.60 Å². The number of imidazole rings is 1. The lowest BCUT2D eigenvalue weighted by atomic mass is 10.1. The molecule has 0 saturated heterocycles. The Bertz CT molecular complexity index is 777. The van der Waals surface area contributed by atoms with Gasteiger partial charge in [-0.25, -0.2) is 9.78 Å². The third-order valence-corrected chi connectivity index (χ3v) is 4.35. The minimum absolute atomic E-state index is 0.284. The van der Waals surface area contributed by atoms with Crippen LogP contribution in [-0.2, 0) is 24.8 Å². The van der Waals surface area contributed by atoms with Gasteiger partial charge in [-0.15, -0.1) is 0 Å². The number of carbonyl (C=O) groups excluding carboxylic acids is 1. The minimum atomic E-state index is -0.494. The quantitative estimate of drug-likeness (QED) is 0.782. The average molecular weight is 348 g/mol. The monoisotopic (exact) mass is 347 g/mol. The van der Waals surface area contributed by atoms with Crippen molar-refractivity contribution in [2.45, 2.75) is 39.3 Å². The maximum Gasteiger partial charge on any atom is 0.410 e. The van der Waals surface area contributed by atoms with E-state index in [4.69, 9.17) is 21.3 Å². The van der Waals surface area contributed by atoms with Gasteiger partial charge in [-0.1, -0.05) is 23.7 Å². The molecule has 24 heavy (non-hydrogen) atoms. The second-order valence-corrected chi connectivity index (χ2v) is 7.43. The van der Waals surface area contributed by atoms with Gasteiger partial charge in [-0.2, -0.15) is 0 Å². The standard InChI is InChI=1S/C18H22ClN3O2/c1-18(2,3)24-17(23)22-10-9-14-15(11-22)21(4)16(20-14)12-7-5-6-8-13(12)19/h5-8H,9-11H2,1-4H3. The lowest BCUT2D eigenvalue weighted by molar-refractivity contribution is 0.0219. The second-order valence-electron chi connectivity index (χ2n) is 7.02. The Kier molecular flexibility index (Phi) is 4.30. The van der Waals surface area contributed by atoms with E-state index in [1.807, 2.05) is 56.7 Å². The largest absolute Gasteiger partial charge is 0.444 e. The Morgan fingerprint density at radius 1 is 1.29 bits per heavy atom. The smallest absolute Gasteiger partial charge is 0.410 e. The zero-order chi connectivity index (χ0) is 17.5. The lowest BCUT2D eigenvalue weighted by Crippen LogP contribution is -2.40. The maximum absolute atomic E-state index is 12.3. The molecule has 1 aliphatic heterocycles. The second kappa shape index (κ2) is 6.13. The number of carbonyl (C=O) groups is 1. The van der Waals surface area contributed by atoms with Crippen LogP contribution in [0.2, 0.25) is 5.02 Å². The van der Waals surface area contributed by atoms with Crippen LogP contribution in [0.25, 0.3) is 11.4 Å². The molecule has 1 aromatic carbocycles. The highest BCUT2D eigenvalue weighted by molar-refractivity contribution is 6.33. The molecule has 0 spiro atoms. The molecular weight excluding hydrogens is 326 g/mol. The van der Waals surface area contributed by atoms with E-state index in [2.05, 4.69) is 0 Å². The molecule has 0 N–H and O–H groups in total. The molecule has 128 valence electrons. The Morgan fingerprint density at radius 3 is 2.67 bits per heavy atom. The van der Waals surface area contributed by atoms with Gasteiger partial charge in [0.15, 0.2) is 0 Å². The molecule has 1 aliphatic rings. The topological polar surface area (TPSA) is 47.4 Å². The van der Waals surface area contributed by atoms with Gasteiger partial charge in [0.05, 0.1) is 23.0 Å². The van der Waals surface area contributed by atoms with Crippen molar-refractivity contribution in [3.05, 3.63) is 40.7 Å². The first-order chi connectivity index (χ1) is 11.3. The van der Waals surface area contributed by atoms with Crippen LogP contribution in [0.3, 0.4) is 0 Å². The first-order valence-corrected chi connectivity index (χ1v) is 8.41. The summed E-state index contributed by atoms with van der Waals surface area (Å²) in [5.41, 5.74) is 2.46. The van der Waals surface area contributed by atoms with E-state index >= 15 is 0 Å². The van der Waals surface area contributed by atoms with Crippen LogP contribution in [0.15, 0.2) is 24.3 Å². The molecule has 0 atom stereocenters. The van der Waals surface area contributed by atoms with Crippen molar-refractivity contribution in [1.82, 2.24) is 14.5 Å². The van der Waals surface area contributed by atoms with E-state index in [1.165, 1.54) is 0 Å². The number of aromatic nitrogens is 2. The average Bonchev–Trinajstić information content (AvgIpc) is 2.82. The number of hydrogen-bond donors (Lipinski definition) is 0. The lowest BCUT2D eigenvalue weighted by Gasteiger charge is -2.30. The van der Waals surface area contributed by atoms with Crippen LogP contribution in [0.5, 0.6) is 0 Å². The number of ether oxygens (including phenoxy) is 1. The van der Waals surface area contributed by atoms with E-state index in [9.17, 15) is 4.79 Å². The minimum Gasteiger partial charge on any atom is -0.444 e. The molecule has 0 bridgehead atoms. The molecule has 2 heterocycles. The predicted molar refractivity (Wildman–Crippen MR) is 94.0 cm³/mol. The molecule has 2 aromatic rings. The van der Waals surface area contributed by atoms with E-state index in [0.29, 0.717) is 24.5 Å². The van der Waals surface area contributed by atoms with Crippen LogP contribution < -0.4 is 0 Å². The maximum atomic E-state index is 12.3. The van der Waals surface area contributed by atoms with Gasteiger partial charge in [-0.05, 0) is 32.9 Å². The Balaban J connectivity index is 1.88. The molecule has 0 fully saturated rings. The summed E-state index contributed by atoms with van der Waals surface area (Å²) in [5, 5.41) is 0.673. The molecule has 1 amide bonds. The van der Waals surface area contributed by atoms with Gasteiger partial charge in [-0.3, -0.25) is 0 Å². The zero-order valence-electron chi connectivity index (χ0n) is 14.5. The summed E-state index contributed by atoms with van der Waals surface area (Å²) in [6.45, 7) is 6.73. The first-order valence-electron chi connectivity index (χ1n) is 8.03. The molecule has 6 heteroatoms. The van der Waals surface area contributed by atoms with Crippen LogP contribution >= 0.6 is 11.6 Å². The number of nitrogens with zero attached hydrogens (tertiary/aromatic N) is 3. The highest BCUT2D eigenvalue weighted by atomic mass is 35.5. The molecule has 1 aromatic heterocycles. The van der Waals surface area contributed by atoms with E-state index in [0.717, 1.165) is 22.8 Å².